The quantitative estimate of drug-likeness (QED) is 0.446. The Balaban J connectivity index is 1.40. The van der Waals surface area contributed by atoms with Crippen molar-refractivity contribution in [2.24, 2.45) is 0 Å². The molecule has 1 amide bonds. The predicted molar refractivity (Wildman–Crippen MR) is 124 cm³/mol. The normalized spacial score (nSPS) is 10.5. The van der Waals surface area contributed by atoms with Gasteiger partial charge in [-0.1, -0.05) is 53.6 Å². The van der Waals surface area contributed by atoms with Gasteiger partial charge in [0, 0.05) is 29.4 Å². The standard InChI is InChI=1S/C26H24N4O/c1-18-5-3-7-20(13-18)16-27-26(31)21-9-11-23(12-10-21)30-25-15-24(28-17-29-25)22-8-4-6-19(2)14-22/h3-15,17H,16H2,1-2H3,(H,27,31)(H,28,29,30). The topological polar surface area (TPSA) is 66.9 Å². The lowest BCUT2D eigenvalue weighted by atomic mass is 10.1. The highest BCUT2D eigenvalue weighted by atomic mass is 16.1. The molecule has 0 radical (unpaired) electrons. The fraction of sp³-hybridized carbons (Fsp3) is 0.115. The zero-order valence-corrected chi connectivity index (χ0v) is 17.6. The van der Waals surface area contributed by atoms with Gasteiger partial charge in [-0.05, 0) is 49.7 Å². The second-order valence-corrected chi connectivity index (χ2v) is 7.53. The summed E-state index contributed by atoms with van der Waals surface area (Å²) in [5.41, 5.74) is 6.81. The van der Waals surface area contributed by atoms with E-state index in [1.54, 1.807) is 18.5 Å². The van der Waals surface area contributed by atoms with Gasteiger partial charge in [0.1, 0.15) is 12.1 Å². The molecule has 0 bridgehead atoms. The molecule has 31 heavy (non-hydrogen) atoms. The van der Waals surface area contributed by atoms with Crippen LogP contribution < -0.4 is 10.6 Å². The van der Waals surface area contributed by atoms with Crippen LogP contribution in [-0.4, -0.2) is 15.9 Å². The average Bonchev–Trinajstić information content (AvgIpc) is 2.78. The minimum Gasteiger partial charge on any atom is -0.348 e. The van der Waals surface area contributed by atoms with Crippen molar-refractivity contribution < 1.29 is 4.79 Å². The third kappa shape index (κ3) is 5.34. The van der Waals surface area contributed by atoms with E-state index in [2.05, 4.69) is 45.7 Å². The van der Waals surface area contributed by atoms with Gasteiger partial charge in [0.25, 0.3) is 5.91 Å². The molecule has 0 saturated heterocycles. The summed E-state index contributed by atoms with van der Waals surface area (Å²) in [6.07, 6.45) is 1.55. The van der Waals surface area contributed by atoms with Crippen LogP contribution >= 0.6 is 0 Å². The maximum absolute atomic E-state index is 12.4. The maximum atomic E-state index is 12.4. The fourth-order valence-corrected chi connectivity index (χ4v) is 3.35. The van der Waals surface area contributed by atoms with Crippen molar-refractivity contribution in [2.75, 3.05) is 5.32 Å². The number of nitrogens with zero attached hydrogens (tertiary/aromatic N) is 2. The number of hydrogen-bond acceptors (Lipinski definition) is 4. The van der Waals surface area contributed by atoms with Gasteiger partial charge in [0.2, 0.25) is 0 Å². The first-order valence-corrected chi connectivity index (χ1v) is 10.2. The molecular weight excluding hydrogens is 384 g/mol. The molecule has 2 N–H and O–H groups in total. The lowest BCUT2D eigenvalue weighted by molar-refractivity contribution is 0.0951. The number of benzene rings is 3. The van der Waals surface area contributed by atoms with E-state index < -0.39 is 0 Å². The summed E-state index contributed by atoms with van der Waals surface area (Å²) in [4.78, 5) is 21.1. The summed E-state index contributed by atoms with van der Waals surface area (Å²) in [6, 6.07) is 25.6. The van der Waals surface area contributed by atoms with Crippen LogP contribution in [0.5, 0.6) is 0 Å². The van der Waals surface area contributed by atoms with Gasteiger partial charge < -0.3 is 10.6 Å². The zero-order chi connectivity index (χ0) is 21.6. The van der Waals surface area contributed by atoms with Crippen LogP contribution in [0.4, 0.5) is 11.5 Å². The number of anilines is 2. The van der Waals surface area contributed by atoms with Crippen molar-refractivity contribution in [3.8, 4) is 11.3 Å². The smallest absolute Gasteiger partial charge is 0.251 e. The van der Waals surface area contributed by atoms with Crippen LogP contribution in [0.15, 0.2) is 85.2 Å². The molecule has 0 aliphatic heterocycles. The van der Waals surface area contributed by atoms with E-state index >= 15 is 0 Å². The second kappa shape index (κ2) is 9.22. The van der Waals surface area contributed by atoms with E-state index in [1.165, 1.54) is 11.1 Å². The van der Waals surface area contributed by atoms with Gasteiger partial charge >= 0.3 is 0 Å². The summed E-state index contributed by atoms with van der Waals surface area (Å²) in [7, 11) is 0. The average molecular weight is 409 g/mol. The highest BCUT2D eigenvalue weighted by Gasteiger charge is 2.07. The van der Waals surface area contributed by atoms with Crippen LogP contribution in [0, 0.1) is 13.8 Å². The largest absolute Gasteiger partial charge is 0.348 e. The van der Waals surface area contributed by atoms with Crippen molar-refractivity contribution in [3.05, 3.63) is 107 Å². The van der Waals surface area contributed by atoms with Crippen LogP contribution in [0.3, 0.4) is 0 Å². The lowest BCUT2D eigenvalue weighted by Crippen LogP contribution is -2.22. The number of carbonyl (C=O) groups is 1. The van der Waals surface area contributed by atoms with Crippen molar-refractivity contribution in [3.63, 3.8) is 0 Å². The number of rotatable bonds is 6. The number of aryl methyl sites for hydroxylation is 2. The summed E-state index contributed by atoms with van der Waals surface area (Å²) in [6.45, 7) is 4.60. The minimum absolute atomic E-state index is 0.100. The minimum atomic E-state index is -0.100. The molecule has 5 heteroatoms. The first kappa shape index (κ1) is 20.3. The van der Waals surface area contributed by atoms with Gasteiger partial charge in [-0.2, -0.15) is 0 Å². The SMILES string of the molecule is Cc1cccc(CNC(=O)c2ccc(Nc3cc(-c4cccc(C)c4)ncn3)cc2)c1. The monoisotopic (exact) mass is 408 g/mol. The molecule has 0 saturated carbocycles. The van der Waals surface area contributed by atoms with E-state index in [1.807, 2.05) is 55.5 Å². The van der Waals surface area contributed by atoms with E-state index in [0.717, 1.165) is 22.5 Å². The number of nitrogens with one attached hydrogen (secondary N) is 2. The molecule has 1 aromatic heterocycles. The molecule has 0 unspecified atom stereocenters. The molecule has 5 nitrogen and oxygen atoms in total. The number of aromatic nitrogens is 2. The molecule has 1 heterocycles. The summed E-state index contributed by atoms with van der Waals surface area (Å²) < 4.78 is 0. The van der Waals surface area contributed by atoms with E-state index in [9.17, 15) is 4.79 Å². The van der Waals surface area contributed by atoms with Crippen molar-refractivity contribution in [2.45, 2.75) is 20.4 Å². The molecule has 0 aliphatic carbocycles. The Morgan fingerprint density at radius 3 is 2.32 bits per heavy atom. The fourth-order valence-electron chi connectivity index (χ4n) is 3.35. The first-order chi connectivity index (χ1) is 15.1. The van der Waals surface area contributed by atoms with E-state index in [4.69, 9.17) is 0 Å². The van der Waals surface area contributed by atoms with Crippen LogP contribution in [0.2, 0.25) is 0 Å². The van der Waals surface area contributed by atoms with Crippen molar-refractivity contribution in [1.82, 2.24) is 15.3 Å². The van der Waals surface area contributed by atoms with Crippen LogP contribution in [-0.2, 0) is 6.54 Å². The van der Waals surface area contributed by atoms with Gasteiger partial charge in [-0.15, -0.1) is 0 Å². The molecule has 4 aromatic rings. The van der Waals surface area contributed by atoms with Crippen molar-refractivity contribution >= 4 is 17.4 Å². The molecule has 3 aromatic carbocycles. The Morgan fingerprint density at radius 1 is 0.839 bits per heavy atom. The second-order valence-electron chi connectivity index (χ2n) is 7.53. The van der Waals surface area contributed by atoms with E-state index in [-0.39, 0.29) is 5.91 Å². The molecule has 0 spiro atoms. The molecule has 4 rings (SSSR count). The Labute approximate surface area is 182 Å². The molecular formula is C26H24N4O. The molecule has 0 atom stereocenters. The summed E-state index contributed by atoms with van der Waals surface area (Å²) in [5, 5.41) is 6.24. The highest BCUT2D eigenvalue weighted by molar-refractivity contribution is 5.94. The highest BCUT2D eigenvalue weighted by Crippen LogP contribution is 2.22. The predicted octanol–water partition coefficient (Wildman–Crippen LogP) is 5.43. The maximum Gasteiger partial charge on any atom is 0.251 e. The third-order valence-corrected chi connectivity index (χ3v) is 4.94. The lowest BCUT2D eigenvalue weighted by Gasteiger charge is -2.09. The molecule has 154 valence electrons. The van der Waals surface area contributed by atoms with Crippen LogP contribution in [0.25, 0.3) is 11.3 Å². The number of amides is 1. The number of carbonyl (C=O) groups excluding carboxylic acids is 1. The van der Waals surface area contributed by atoms with Gasteiger partial charge in [0.15, 0.2) is 0 Å². The van der Waals surface area contributed by atoms with Gasteiger partial charge in [-0.25, -0.2) is 9.97 Å². The Bertz CT molecular complexity index is 1200. The Kier molecular flexibility index (Phi) is 6.03. The van der Waals surface area contributed by atoms with Crippen LogP contribution in [0.1, 0.15) is 27.0 Å². The first-order valence-electron chi connectivity index (χ1n) is 10.2. The molecule has 0 fully saturated rings. The third-order valence-electron chi connectivity index (χ3n) is 4.94. The van der Waals surface area contributed by atoms with Crippen molar-refractivity contribution in [1.29, 1.82) is 0 Å². The summed E-state index contributed by atoms with van der Waals surface area (Å²) in [5.74, 6) is 0.597. The zero-order valence-electron chi connectivity index (χ0n) is 17.6. The summed E-state index contributed by atoms with van der Waals surface area (Å²) >= 11 is 0. The number of hydrogen-bond donors (Lipinski definition) is 2. The Morgan fingerprint density at radius 2 is 1.58 bits per heavy atom. The Hall–Kier alpha value is -3.99. The van der Waals surface area contributed by atoms with Gasteiger partial charge in [0.05, 0.1) is 5.69 Å². The van der Waals surface area contributed by atoms with Gasteiger partial charge in [-0.3, -0.25) is 4.79 Å². The van der Waals surface area contributed by atoms with E-state index in [0.29, 0.717) is 17.9 Å². The molecule has 0 aliphatic rings.